The van der Waals surface area contributed by atoms with Crippen LogP contribution in [0.3, 0.4) is 0 Å². The highest BCUT2D eigenvalue weighted by molar-refractivity contribution is 8.16. The van der Waals surface area contributed by atoms with E-state index in [1.54, 1.807) is 0 Å². The van der Waals surface area contributed by atoms with Gasteiger partial charge in [-0.3, -0.25) is 9.79 Å². The number of fused-ring (bicyclic) bond motifs is 1. The summed E-state index contributed by atoms with van der Waals surface area (Å²) in [6.45, 7) is 2.91. The van der Waals surface area contributed by atoms with Gasteiger partial charge in [0.25, 0.3) is 0 Å². The van der Waals surface area contributed by atoms with E-state index in [1.165, 1.54) is 18.7 Å². The van der Waals surface area contributed by atoms with Gasteiger partial charge in [-0.25, -0.2) is 13.2 Å². The standard InChI is InChI=1S/C13H19N3O5S2/c1-2-23(20,21)6-3-10(12(18)19)15-11(17)7-9-8-22-13-14-4-5-16(9)13/h8,10H,2-7H2,1H3,(H,15,17)(H,18,19). The third-order valence-corrected chi connectivity index (χ3v) is 6.27. The molecule has 2 aliphatic heterocycles. The Labute approximate surface area is 138 Å². The van der Waals surface area contributed by atoms with Crippen LogP contribution >= 0.6 is 11.8 Å². The van der Waals surface area contributed by atoms with Crippen LogP contribution in [0.25, 0.3) is 0 Å². The summed E-state index contributed by atoms with van der Waals surface area (Å²) < 4.78 is 23.0. The van der Waals surface area contributed by atoms with E-state index in [9.17, 15) is 18.0 Å². The molecule has 1 unspecified atom stereocenters. The Morgan fingerprint density at radius 2 is 2.26 bits per heavy atom. The molecule has 0 saturated heterocycles. The number of aliphatic imine (C=N–C) groups is 1. The van der Waals surface area contributed by atoms with Crippen LogP contribution in [-0.4, -0.2) is 66.1 Å². The number of carbonyl (C=O) groups excluding carboxylic acids is 1. The first-order chi connectivity index (χ1) is 10.8. The number of nitrogens with zero attached hydrogens (tertiary/aromatic N) is 2. The fraction of sp³-hybridized carbons (Fsp3) is 0.615. The second-order valence-electron chi connectivity index (χ2n) is 5.20. The fourth-order valence-electron chi connectivity index (χ4n) is 2.22. The van der Waals surface area contributed by atoms with Crippen molar-refractivity contribution >= 4 is 38.6 Å². The number of hydrogen-bond acceptors (Lipinski definition) is 7. The van der Waals surface area contributed by atoms with Gasteiger partial charge in [-0.05, 0) is 11.8 Å². The van der Waals surface area contributed by atoms with Crippen LogP contribution in [0.5, 0.6) is 0 Å². The number of amidine groups is 1. The van der Waals surface area contributed by atoms with Gasteiger partial charge in [-0.1, -0.05) is 18.7 Å². The van der Waals surface area contributed by atoms with E-state index in [0.717, 1.165) is 17.4 Å². The minimum absolute atomic E-state index is 0.0472. The Kier molecular flexibility index (Phi) is 5.69. The van der Waals surface area contributed by atoms with E-state index in [-0.39, 0.29) is 24.3 Å². The fourth-order valence-corrected chi connectivity index (χ4v) is 4.06. The number of aliphatic carboxylic acids is 1. The smallest absolute Gasteiger partial charge is 0.326 e. The Hall–Kier alpha value is -1.55. The lowest BCUT2D eigenvalue weighted by molar-refractivity contribution is -0.141. The van der Waals surface area contributed by atoms with Gasteiger partial charge in [-0.2, -0.15) is 0 Å². The number of carbonyl (C=O) groups is 2. The van der Waals surface area contributed by atoms with Crippen molar-refractivity contribution < 1.29 is 23.1 Å². The predicted molar refractivity (Wildman–Crippen MR) is 87.8 cm³/mol. The highest BCUT2D eigenvalue weighted by Gasteiger charge is 2.29. The molecule has 0 aromatic carbocycles. The molecular weight excluding hydrogens is 342 g/mol. The highest BCUT2D eigenvalue weighted by Crippen LogP contribution is 2.30. The summed E-state index contributed by atoms with van der Waals surface area (Å²) in [6, 6.07) is -1.20. The molecule has 2 rings (SSSR count). The van der Waals surface area contributed by atoms with E-state index in [1.807, 2.05) is 10.3 Å². The van der Waals surface area contributed by atoms with Gasteiger partial charge in [0.1, 0.15) is 15.9 Å². The maximum absolute atomic E-state index is 12.1. The van der Waals surface area contributed by atoms with Crippen molar-refractivity contribution in [3.8, 4) is 0 Å². The molecule has 0 radical (unpaired) electrons. The van der Waals surface area contributed by atoms with Crippen LogP contribution in [0.1, 0.15) is 19.8 Å². The van der Waals surface area contributed by atoms with E-state index in [4.69, 9.17) is 5.11 Å². The molecule has 8 nitrogen and oxygen atoms in total. The predicted octanol–water partition coefficient (Wildman–Crippen LogP) is 0.0305. The van der Waals surface area contributed by atoms with Gasteiger partial charge >= 0.3 is 5.97 Å². The summed E-state index contributed by atoms with van der Waals surface area (Å²) in [5.41, 5.74) is 0.786. The number of thioether (sulfide) groups is 1. The van der Waals surface area contributed by atoms with Crippen molar-refractivity contribution in [2.45, 2.75) is 25.8 Å². The molecule has 0 bridgehead atoms. The summed E-state index contributed by atoms with van der Waals surface area (Å²) in [6.07, 6.45) is -0.0855. The molecule has 2 N–H and O–H groups in total. The average Bonchev–Trinajstić information content (AvgIpc) is 3.08. The van der Waals surface area contributed by atoms with Crippen LogP contribution in [0.2, 0.25) is 0 Å². The summed E-state index contributed by atoms with van der Waals surface area (Å²) in [5, 5.41) is 14.2. The SMILES string of the molecule is CCS(=O)(=O)CCC(NC(=O)CC1=CSC2=NCCN12)C(=O)O. The van der Waals surface area contributed by atoms with E-state index in [0.29, 0.717) is 6.54 Å². The largest absolute Gasteiger partial charge is 0.480 e. The number of sulfone groups is 1. The number of nitrogens with one attached hydrogen (secondary N) is 1. The van der Waals surface area contributed by atoms with Gasteiger partial charge in [0.15, 0.2) is 5.17 Å². The molecule has 0 aromatic rings. The maximum Gasteiger partial charge on any atom is 0.326 e. The van der Waals surface area contributed by atoms with Crippen LogP contribution in [0.4, 0.5) is 0 Å². The molecule has 10 heteroatoms. The van der Waals surface area contributed by atoms with Crippen LogP contribution < -0.4 is 5.32 Å². The van der Waals surface area contributed by atoms with E-state index >= 15 is 0 Å². The van der Waals surface area contributed by atoms with Crippen molar-refractivity contribution in [2.24, 2.45) is 4.99 Å². The number of carboxylic acids is 1. The summed E-state index contributed by atoms with van der Waals surface area (Å²) in [7, 11) is -3.27. The number of carboxylic acid groups (broad SMARTS) is 1. The highest BCUT2D eigenvalue weighted by atomic mass is 32.2. The molecule has 0 fully saturated rings. The molecule has 2 heterocycles. The van der Waals surface area contributed by atoms with E-state index < -0.39 is 27.8 Å². The maximum atomic E-state index is 12.1. The molecular formula is C13H19N3O5S2. The number of hydrogen-bond donors (Lipinski definition) is 2. The molecule has 23 heavy (non-hydrogen) atoms. The van der Waals surface area contributed by atoms with Gasteiger partial charge in [0.05, 0.1) is 18.7 Å². The third-order valence-electron chi connectivity index (χ3n) is 3.58. The zero-order valence-corrected chi connectivity index (χ0v) is 14.3. The normalized spacial score (nSPS) is 18.2. The minimum atomic E-state index is -3.27. The Morgan fingerprint density at radius 3 is 2.91 bits per heavy atom. The summed E-state index contributed by atoms with van der Waals surface area (Å²) in [4.78, 5) is 29.5. The molecule has 0 spiro atoms. The molecule has 128 valence electrons. The summed E-state index contributed by atoms with van der Waals surface area (Å²) >= 11 is 1.44. The zero-order chi connectivity index (χ0) is 17.0. The van der Waals surface area contributed by atoms with Crippen molar-refractivity contribution in [1.29, 1.82) is 0 Å². The van der Waals surface area contributed by atoms with Crippen molar-refractivity contribution in [1.82, 2.24) is 10.2 Å². The average molecular weight is 361 g/mol. The lowest BCUT2D eigenvalue weighted by Crippen LogP contribution is -2.42. The summed E-state index contributed by atoms with van der Waals surface area (Å²) in [5.74, 6) is -1.98. The monoisotopic (exact) mass is 361 g/mol. The van der Waals surface area contributed by atoms with Crippen molar-refractivity contribution in [3.05, 3.63) is 11.1 Å². The second-order valence-corrected chi connectivity index (χ2v) is 8.51. The van der Waals surface area contributed by atoms with Gasteiger partial charge in [0, 0.05) is 18.0 Å². The number of amides is 1. The lowest BCUT2D eigenvalue weighted by atomic mass is 10.2. The van der Waals surface area contributed by atoms with Gasteiger partial charge in [0.2, 0.25) is 5.91 Å². The topological polar surface area (TPSA) is 116 Å². The first kappa shape index (κ1) is 17.8. The van der Waals surface area contributed by atoms with Crippen LogP contribution in [0.15, 0.2) is 16.1 Å². The lowest BCUT2D eigenvalue weighted by Gasteiger charge is -2.18. The van der Waals surface area contributed by atoms with E-state index in [2.05, 4.69) is 10.3 Å². The Bertz CT molecular complexity index is 657. The van der Waals surface area contributed by atoms with Crippen LogP contribution in [-0.2, 0) is 19.4 Å². The molecule has 1 atom stereocenters. The van der Waals surface area contributed by atoms with Gasteiger partial charge < -0.3 is 15.3 Å². The minimum Gasteiger partial charge on any atom is -0.480 e. The zero-order valence-electron chi connectivity index (χ0n) is 12.7. The quantitative estimate of drug-likeness (QED) is 0.626. The molecule has 0 aliphatic carbocycles. The molecule has 1 amide bonds. The Morgan fingerprint density at radius 1 is 1.52 bits per heavy atom. The molecule has 0 aromatic heterocycles. The van der Waals surface area contributed by atoms with Crippen molar-refractivity contribution in [2.75, 3.05) is 24.6 Å². The third kappa shape index (κ3) is 4.71. The first-order valence-electron chi connectivity index (χ1n) is 7.22. The van der Waals surface area contributed by atoms with Crippen LogP contribution in [0, 0.1) is 0 Å². The number of rotatable bonds is 8. The molecule has 2 aliphatic rings. The molecule has 0 saturated carbocycles. The van der Waals surface area contributed by atoms with Gasteiger partial charge in [-0.15, -0.1) is 0 Å². The first-order valence-corrected chi connectivity index (χ1v) is 9.93. The Balaban J connectivity index is 1.88. The van der Waals surface area contributed by atoms with Crippen molar-refractivity contribution in [3.63, 3.8) is 0 Å². The second kappa shape index (κ2) is 7.35.